The number of benzene rings is 2. The molecule has 0 bridgehead atoms. The predicted octanol–water partition coefficient (Wildman–Crippen LogP) is 3.82. The van der Waals surface area contributed by atoms with E-state index < -0.39 is 11.8 Å². The third-order valence-corrected chi connectivity index (χ3v) is 5.54. The fraction of sp³-hybridized carbons (Fsp3) is 0.286. The van der Waals surface area contributed by atoms with Crippen LogP contribution in [-0.2, 0) is 22.4 Å². The highest BCUT2D eigenvalue weighted by atomic mass is 79.9. The number of nitrogens with one attached hydrogen (secondary N) is 3. The first kappa shape index (κ1) is 25.1. The van der Waals surface area contributed by atoms with E-state index in [2.05, 4.69) is 61.9 Å². The molecule has 2 aromatic carbocycles. The molecule has 2 rings (SSSR count). The number of hydrazine groups is 1. The molecule has 0 aromatic heterocycles. The Morgan fingerprint density at radius 2 is 1.32 bits per heavy atom. The molecule has 0 atom stereocenters. The molecule has 166 valence electrons. The topological polar surface area (TPSA) is 88.7 Å². The maximum atomic E-state index is 12.0. The van der Waals surface area contributed by atoms with Crippen LogP contribution in [0.3, 0.4) is 0 Å². The Morgan fingerprint density at radius 3 is 1.77 bits per heavy atom. The first-order chi connectivity index (χ1) is 14.8. The van der Waals surface area contributed by atoms with Crippen LogP contribution in [-0.4, -0.2) is 30.1 Å². The maximum absolute atomic E-state index is 12.0. The molecule has 0 aliphatic carbocycles. The Bertz CT molecular complexity index is 956. The number of ether oxygens (including phenoxy) is 2. The Kier molecular flexibility index (Phi) is 10.2. The van der Waals surface area contributed by atoms with Gasteiger partial charge in [-0.25, -0.2) is 0 Å². The number of carbonyl (C=O) groups is 2. The Hall–Kier alpha value is -2.17. The number of halogens is 2. The van der Waals surface area contributed by atoms with E-state index in [4.69, 9.17) is 21.7 Å². The molecule has 0 fully saturated rings. The van der Waals surface area contributed by atoms with Crippen LogP contribution in [0, 0.1) is 0 Å². The lowest BCUT2D eigenvalue weighted by molar-refractivity contribution is -0.124. The van der Waals surface area contributed by atoms with Crippen LogP contribution in [0.4, 0.5) is 0 Å². The summed E-state index contributed by atoms with van der Waals surface area (Å²) >= 11 is 11.8. The molecule has 3 N–H and O–H groups in total. The molecule has 31 heavy (non-hydrogen) atoms. The average molecular weight is 573 g/mol. The van der Waals surface area contributed by atoms with Gasteiger partial charge < -0.3 is 9.47 Å². The van der Waals surface area contributed by atoms with Gasteiger partial charge in [-0.15, -0.1) is 0 Å². The van der Waals surface area contributed by atoms with E-state index >= 15 is 0 Å². The van der Waals surface area contributed by atoms with Crippen molar-refractivity contribution in [2.75, 3.05) is 13.2 Å². The number of carbonyl (C=O) groups excluding carboxylic acids is 2. The summed E-state index contributed by atoms with van der Waals surface area (Å²) in [5, 5.41) is 2.36. The monoisotopic (exact) mass is 571 g/mol. The second-order valence-corrected chi connectivity index (χ2v) is 8.48. The van der Waals surface area contributed by atoms with E-state index in [0.717, 1.165) is 32.9 Å². The Balaban J connectivity index is 1.69. The first-order valence-electron chi connectivity index (χ1n) is 9.53. The number of thiocarbonyl (C=S) groups is 1. The van der Waals surface area contributed by atoms with Gasteiger partial charge in [0.15, 0.2) is 18.3 Å². The van der Waals surface area contributed by atoms with Gasteiger partial charge in [-0.05, 0) is 92.3 Å². The number of hydrogen-bond donors (Lipinski definition) is 3. The predicted molar refractivity (Wildman–Crippen MR) is 130 cm³/mol. The zero-order valence-electron chi connectivity index (χ0n) is 17.1. The maximum Gasteiger partial charge on any atom is 0.276 e. The quantitative estimate of drug-likeness (QED) is 0.329. The van der Waals surface area contributed by atoms with Crippen LogP contribution >= 0.6 is 44.1 Å². The van der Waals surface area contributed by atoms with Crippen molar-refractivity contribution in [2.24, 2.45) is 0 Å². The molecule has 0 spiro atoms. The van der Waals surface area contributed by atoms with E-state index in [1.165, 1.54) is 0 Å². The zero-order valence-corrected chi connectivity index (χ0v) is 21.1. The normalized spacial score (nSPS) is 10.2. The van der Waals surface area contributed by atoms with Crippen molar-refractivity contribution < 1.29 is 19.1 Å². The van der Waals surface area contributed by atoms with E-state index in [1.54, 1.807) is 12.1 Å². The number of rotatable bonds is 8. The van der Waals surface area contributed by atoms with E-state index in [-0.39, 0.29) is 18.3 Å². The van der Waals surface area contributed by atoms with Gasteiger partial charge in [0.2, 0.25) is 0 Å². The standard InChI is InChI=1S/C21H23Br2N3O4S/c1-3-13-5-7-17(15(22)9-13)29-11-19(27)24-21(31)26-25-20(28)12-30-18-8-6-14(4-2)10-16(18)23/h5-10H,3-4,11-12H2,1-2H3,(H,25,28)(H2,24,26,27,31). The van der Waals surface area contributed by atoms with Crippen LogP contribution in [0.5, 0.6) is 11.5 Å². The number of aryl methyl sites for hydroxylation is 2. The van der Waals surface area contributed by atoms with Crippen molar-refractivity contribution >= 4 is 61.0 Å². The molecule has 10 heteroatoms. The van der Waals surface area contributed by atoms with Crippen molar-refractivity contribution in [3.05, 3.63) is 56.5 Å². The molecular weight excluding hydrogens is 550 g/mol. The highest BCUT2D eigenvalue weighted by Crippen LogP contribution is 2.27. The number of amides is 2. The lowest BCUT2D eigenvalue weighted by Gasteiger charge is -2.13. The molecule has 0 aliphatic rings. The van der Waals surface area contributed by atoms with E-state index in [0.29, 0.717) is 11.5 Å². The van der Waals surface area contributed by atoms with Crippen molar-refractivity contribution in [3.63, 3.8) is 0 Å². The van der Waals surface area contributed by atoms with E-state index in [1.807, 2.05) is 24.3 Å². The molecule has 0 heterocycles. The van der Waals surface area contributed by atoms with Crippen LogP contribution in [0.1, 0.15) is 25.0 Å². The third kappa shape index (κ3) is 8.47. The summed E-state index contributed by atoms with van der Waals surface area (Å²) in [6.45, 7) is 3.65. The van der Waals surface area contributed by atoms with Gasteiger partial charge >= 0.3 is 0 Å². The third-order valence-electron chi connectivity index (χ3n) is 4.10. The second-order valence-electron chi connectivity index (χ2n) is 6.36. The summed E-state index contributed by atoms with van der Waals surface area (Å²) < 4.78 is 12.5. The minimum Gasteiger partial charge on any atom is -0.483 e. The molecule has 0 radical (unpaired) electrons. The highest BCUT2D eigenvalue weighted by molar-refractivity contribution is 9.10. The van der Waals surface area contributed by atoms with Gasteiger partial charge in [-0.1, -0.05) is 26.0 Å². The average Bonchev–Trinajstić information content (AvgIpc) is 2.75. The molecular formula is C21H23Br2N3O4S. The molecule has 7 nitrogen and oxygen atoms in total. The summed E-state index contributed by atoms with van der Waals surface area (Å²) in [6, 6.07) is 11.3. The molecule has 0 aliphatic heterocycles. The van der Waals surface area contributed by atoms with Crippen LogP contribution in [0.2, 0.25) is 0 Å². The summed E-state index contributed by atoms with van der Waals surface area (Å²) in [7, 11) is 0. The van der Waals surface area contributed by atoms with Gasteiger partial charge in [-0.2, -0.15) is 0 Å². The lowest BCUT2D eigenvalue weighted by atomic mass is 10.2. The SMILES string of the molecule is CCc1ccc(OCC(=O)NNC(=S)NC(=O)COc2ccc(CC)cc2Br)c(Br)c1. The smallest absolute Gasteiger partial charge is 0.276 e. The highest BCUT2D eigenvalue weighted by Gasteiger charge is 2.10. The molecule has 0 unspecified atom stereocenters. The fourth-order valence-electron chi connectivity index (χ4n) is 2.41. The number of hydrogen-bond acceptors (Lipinski definition) is 5. The van der Waals surface area contributed by atoms with Gasteiger partial charge in [0.25, 0.3) is 11.8 Å². The van der Waals surface area contributed by atoms with Crippen LogP contribution in [0.15, 0.2) is 45.3 Å². The molecule has 2 amide bonds. The van der Waals surface area contributed by atoms with Gasteiger partial charge in [0.05, 0.1) is 8.95 Å². The lowest BCUT2D eigenvalue weighted by Crippen LogP contribution is -2.50. The summed E-state index contributed by atoms with van der Waals surface area (Å²) in [4.78, 5) is 23.9. The molecule has 0 saturated carbocycles. The largest absolute Gasteiger partial charge is 0.483 e. The van der Waals surface area contributed by atoms with Gasteiger partial charge in [0, 0.05) is 0 Å². The Labute approximate surface area is 203 Å². The van der Waals surface area contributed by atoms with Crippen molar-refractivity contribution in [1.29, 1.82) is 0 Å². The van der Waals surface area contributed by atoms with Gasteiger partial charge in [-0.3, -0.25) is 25.8 Å². The second kappa shape index (κ2) is 12.6. The Morgan fingerprint density at radius 1 is 0.839 bits per heavy atom. The van der Waals surface area contributed by atoms with Crippen molar-refractivity contribution in [3.8, 4) is 11.5 Å². The van der Waals surface area contributed by atoms with Crippen molar-refractivity contribution in [2.45, 2.75) is 26.7 Å². The summed E-state index contributed by atoms with van der Waals surface area (Å²) in [5.41, 5.74) is 7.12. The van der Waals surface area contributed by atoms with Crippen molar-refractivity contribution in [1.82, 2.24) is 16.2 Å². The summed E-state index contributed by atoms with van der Waals surface area (Å²) in [6.07, 6.45) is 1.80. The molecule has 2 aromatic rings. The van der Waals surface area contributed by atoms with Gasteiger partial charge in [0.1, 0.15) is 11.5 Å². The first-order valence-corrected chi connectivity index (χ1v) is 11.5. The minimum atomic E-state index is -0.464. The summed E-state index contributed by atoms with van der Waals surface area (Å²) in [5.74, 6) is 0.182. The fourth-order valence-corrected chi connectivity index (χ4v) is 3.65. The van der Waals surface area contributed by atoms with Crippen LogP contribution < -0.4 is 25.6 Å². The molecule has 0 saturated heterocycles. The van der Waals surface area contributed by atoms with E-state index in [9.17, 15) is 9.59 Å². The van der Waals surface area contributed by atoms with Crippen LogP contribution in [0.25, 0.3) is 0 Å². The zero-order chi connectivity index (χ0) is 22.8. The minimum absolute atomic E-state index is 0.0594.